The van der Waals surface area contributed by atoms with Crippen molar-refractivity contribution in [3.8, 4) is 0 Å². The average Bonchev–Trinajstić information content (AvgIpc) is 2.32. The lowest BCUT2D eigenvalue weighted by Crippen LogP contribution is -2.39. The zero-order chi connectivity index (χ0) is 12.4. The lowest BCUT2D eigenvalue weighted by atomic mass is 9.88. The molecule has 0 bridgehead atoms. The number of para-hydroxylation sites is 1. The van der Waals surface area contributed by atoms with Crippen molar-refractivity contribution in [1.82, 2.24) is 0 Å². The molecule has 0 aromatic heterocycles. The SMILES string of the molecule is CC1CCN(c2c(F)cccc2CO)CC1C. The Hall–Kier alpha value is -1.09. The van der Waals surface area contributed by atoms with E-state index in [2.05, 4.69) is 18.7 Å². The molecule has 2 unspecified atom stereocenters. The van der Waals surface area contributed by atoms with Gasteiger partial charge in [-0.25, -0.2) is 4.39 Å². The summed E-state index contributed by atoms with van der Waals surface area (Å²) in [6.45, 7) is 6.09. The summed E-state index contributed by atoms with van der Waals surface area (Å²) in [6.07, 6.45) is 1.08. The lowest BCUT2D eigenvalue weighted by Gasteiger charge is -2.37. The number of halogens is 1. The summed E-state index contributed by atoms with van der Waals surface area (Å²) in [6, 6.07) is 4.92. The zero-order valence-electron chi connectivity index (χ0n) is 10.5. The number of aliphatic hydroxyl groups is 1. The van der Waals surface area contributed by atoms with Crippen LogP contribution in [-0.2, 0) is 6.61 Å². The van der Waals surface area contributed by atoms with Crippen LogP contribution >= 0.6 is 0 Å². The number of piperidine rings is 1. The normalized spacial score (nSPS) is 25.1. The van der Waals surface area contributed by atoms with E-state index in [9.17, 15) is 9.50 Å². The Balaban J connectivity index is 2.28. The average molecular weight is 237 g/mol. The number of nitrogens with zero attached hydrogens (tertiary/aromatic N) is 1. The Morgan fingerprint density at radius 3 is 2.76 bits per heavy atom. The summed E-state index contributed by atoms with van der Waals surface area (Å²) >= 11 is 0. The van der Waals surface area contributed by atoms with Crippen LogP contribution in [0.2, 0.25) is 0 Å². The van der Waals surface area contributed by atoms with Gasteiger partial charge in [0.15, 0.2) is 0 Å². The van der Waals surface area contributed by atoms with Crippen LogP contribution < -0.4 is 4.90 Å². The van der Waals surface area contributed by atoms with Crippen LogP contribution in [0.25, 0.3) is 0 Å². The first-order valence-corrected chi connectivity index (χ1v) is 6.26. The van der Waals surface area contributed by atoms with Crippen molar-refractivity contribution < 1.29 is 9.50 Å². The van der Waals surface area contributed by atoms with Gasteiger partial charge in [-0.05, 0) is 24.3 Å². The molecule has 1 aromatic carbocycles. The lowest BCUT2D eigenvalue weighted by molar-refractivity contribution is 0.279. The Bertz CT molecular complexity index is 394. The first-order valence-electron chi connectivity index (χ1n) is 6.26. The van der Waals surface area contributed by atoms with Gasteiger partial charge in [-0.2, -0.15) is 0 Å². The molecule has 1 heterocycles. The van der Waals surface area contributed by atoms with Gasteiger partial charge in [-0.1, -0.05) is 26.0 Å². The van der Waals surface area contributed by atoms with E-state index in [0.29, 0.717) is 23.1 Å². The molecule has 0 saturated carbocycles. The molecule has 1 saturated heterocycles. The summed E-state index contributed by atoms with van der Waals surface area (Å²) in [5.74, 6) is 1.03. The van der Waals surface area contributed by atoms with Gasteiger partial charge in [0.05, 0.1) is 12.3 Å². The van der Waals surface area contributed by atoms with Crippen molar-refractivity contribution in [1.29, 1.82) is 0 Å². The smallest absolute Gasteiger partial charge is 0.146 e. The Morgan fingerprint density at radius 1 is 1.35 bits per heavy atom. The van der Waals surface area contributed by atoms with Crippen molar-refractivity contribution in [2.45, 2.75) is 26.9 Å². The monoisotopic (exact) mass is 237 g/mol. The molecule has 94 valence electrons. The van der Waals surface area contributed by atoms with Crippen LogP contribution in [0.15, 0.2) is 18.2 Å². The van der Waals surface area contributed by atoms with E-state index in [-0.39, 0.29) is 12.4 Å². The molecule has 2 rings (SSSR count). The van der Waals surface area contributed by atoms with Crippen molar-refractivity contribution in [3.63, 3.8) is 0 Å². The molecule has 0 radical (unpaired) electrons. The second-order valence-corrected chi connectivity index (χ2v) is 5.09. The van der Waals surface area contributed by atoms with Crippen LogP contribution in [0, 0.1) is 17.7 Å². The molecule has 1 N–H and O–H groups in total. The molecule has 1 aromatic rings. The van der Waals surface area contributed by atoms with Crippen LogP contribution in [0.3, 0.4) is 0 Å². The fourth-order valence-corrected chi connectivity index (χ4v) is 2.51. The van der Waals surface area contributed by atoms with Crippen molar-refractivity contribution in [2.24, 2.45) is 11.8 Å². The van der Waals surface area contributed by atoms with Gasteiger partial charge in [0, 0.05) is 18.7 Å². The first kappa shape index (κ1) is 12.4. The molecule has 0 spiro atoms. The van der Waals surface area contributed by atoms with Crippen LogP contribution in [0.5, 0.6) is 0 Å². The number of benzene rings is 1. The predicted octanol–water partition coefficient (Wildman–Crippen LogP) is 2.80. The highest BCUT2D eigenvalue weighted by Gasteiger charge is 2.25. The van der Waals surface area contributed by atoms with Crippen molar-refractivity contribution >= 4 is 5.69 Å². The summed E-state index contributed by atoms with van der Waals surface area (Å²) in [5, 5.41) is 9.30. The van der Waals surface area contributed by atoms with Gasteiger partial charge >= 0.3 is 0 Å². The molecule has 2 nitrogen and oxygen atoms in total. The maximum Gasteiger partial charge on any atom is 0.146 e. The largest absolute Gasteiger partial charge is 0.392 e. The zero-order valence-corrected chi connectivity index (χ0v) is 10.5. The second-order valence-electron chi connectivity index (χ2n) is 5.09. The van der Waals surface area contributed by atoms with Crippen molar-refractivity contribution in [3.05, 3.63) is 29.6 Å². The molecular weight excluding hydrogens is 217 g/mol. The predicted molar refractivity (Wildman–Crippen MR) is 67.5 cm³/mol. The van der Waals surface area contributed by atoms with Gasteiger partial charge in [0.1, 0.15) is 5.82 Å². The minimum Gasteiger partial charge on any atom is -0.392 e. The third kappa shape index (κ3) is 2.44. The number of hydrogen-bond donors (Lipinski definition) is 1. The first-order chi connectivity index (χ1) is 8.13. The molecule has 0 amide bonds. The molecule has 1 aliphatic heterocycles. The van der Waals surface area contributed by atoms with E-state index >= 15 is 0 Å². The highest BCUT2D eigenvalue weighted by molar-refractivity contribution is 5.55. The number of anilines is 1. The number of aliphatic hydroxyl groups excluding tert-OH is 1. The maximum absolute atomic E-state index is 13.9. The third-order valence-electron chi connectivity index (χ3n) is 3.89. The number of hydrogen-bond acceptors (Lipinski definition) is 2. The molecule has 0 aliphatic carbocycles. The van der Waals surface area contributed by atoms with Gasteiger partial charge < -0.3 is 10.0 Å². The minimum atomic E-state index is -0.224. The maximum atomic E-state index is 13.9. The van der Waals surface area contributed by atoms with E-state index in [1.54, 1.807) is 12.1 Å². The standard InChI is InChI=1S/C14H20FNO/c1-10-6-7-16(8-11(10)2)14-12(9-17)4-3-5-13(14)15/h3-5,10-11,17H,6-9H2,1-2H3. The fourth-order valence-electron chi connectivity index (χ4n) is 2.51. The molecule has 1 aliphatic rings. The van der Waals surface area contributed by atoms with E-state index in [4.69, 9.17) is 0 Å². The quantitative estimate of drug-likeness (QED) is 0.855. The molecule has 1 fully saturated rings. The molecule has 3 heteroatoms. The second kappa shape index (κ2) is 5.05. The van der Waals surface area contributed by atoms with Gasteiger partial charge in [0.25, 0.3) is 0 Å². The third-order valence-corrected chi connectivity index (χ3v) is 3.89. The summed E-state index contributed by atoms with van der Waals surface area (Å²) in [5.41, 5.74) is 1.28. The van der Waals surface area contributed by atoms with Crippen LogP contribution in [-0.4, -0.2) is 18.2 Å². The fraction of sp³-hybridized carbons (Fsp3) is 0.571. The Labute approximate surface area is 102 Å². The highest BCUT2D eigenvalue weighted by atomic mass is 19.1. The van der Waals surface area contributed by atoms with Crippen molar-refractivity contribution in [2.75, 3.05) is 18.0 Å². The Morgan fingerprint density at radius 2 is 2.12 bits per heavy atom. The van der Waals surface area contributed by atoms with Gasteiger partial charge in [0.2, 0.25) is 0 Å². The van der Waals surface area contributed by atoms with Gasteiger partial charge in [-0.3, -0.25) is 0 Å². The molecular formula is C14H20FNO. The summed E-state index contributed by atoms with van der Waals surface area (Å²) in [4.78, 5) is 2.07. The van der Waals surface area contributed by atoms with E-state index in [0.717, 1.165) is 19.5 Å². The summed E-state index contributed by atoms with van der Waals surface area (Å²) < 4.78 is 13.9. The molecule has 2 atom stereocenters. The molecule has 17 heavy (non-hydrogen) atoms. The van der Waals surface area contributed by atoms with Gasteiger partial charge in [-0.15, -0.1) is 0 Å². The highest BCUT2D eigenvalue weighted by Crippen LogP contribution is 2.31. The minimum absolute atomic E-state index is 0.104. The van der Waals surface area contributed by atoms with Crippen LogP contribution in [0.4, 0.5) is 10.1 Å². The van der Waals surface area contributed by atoms with Crippen LogP contribution in [0.1, 0.15) is 25.8 Å². The Kier molecular flexibility index (Phi) is 3.67. The van der Waals surface area contributed by atoms with E-state index < -0.39 is 0 Å². The topological polar surface area (TPSA) is 23.5 Å². The van der Waals surface area contributed by atoms with E-state index in [1.165, 1.54) is 6.07 Å². The van der Waals surface area contributed by atoms with E-state index in [1.807, 2.05) is 0 Å². The number of rotatable bonds is 2. The summed E-state index contributed by atoms with van der Waals surface area (Å²) in [7, 11) is 0.